The molecule has 1 amide bonds. The number of hydrogen-bond acceptors (Lipinski definition) is 3. The van der Waals surface area contributed by atoms with Crippen molar-refractivity contribution in [2.75, 3.05) is 19.7 Å². The minimum Gasteiger partial charge on any atom is -0.484 e. The van der Waals surface area contributed by atoms with E-state index in [1.165, 1.54) is 12.1 Å². The van der Waals surface area contributed by atoms with Gasteiger partial charge in [-0.1, -0.05) is 24.3 Å². The molecule has 1 fully saturated rings. The first kappa shape index (κ1) is 19.4. The third-order valence-electron chi connectivity index (χ3n) is 5.09. The topological polar surface area (TPSA) is 32.8 Å². The Hall–Kier alpha value is -2.40. The molecule has 2 unspecified atom stereocenters. The van der Waals surface area contributed by atoms with Crippen molar-refractivity contribution < 1.29 is 13.9 Å². The van der Waals surface area contributed by atoms with Gasteiger partial charge in [0.05, 0.1) is 0 Å². The molecule has 4 nitrogen and oxygen atoms in total. The van der Waals surface area contributed by atoms with E-state index in [4.69, 9.17) is 4.74 Å². The molecule has 0 bridgehead atoms. The highest BCUT2D eigenvalue weighted by atomic mass is 19.1. The highest BCUT2D eigenvalue weighted by Crippen LogP contribution is 2.19. The second-order valence-corrected chi connectivity index (χ2v) is 7.41. The number of ether oxygens (including phenoxy) is 1. The van der Waals surface area contributed by atoms with E-state index in [1.54, 1.807) is 0 Å². The Bertz CT molecular complexity index is 778. The smallest absolute Gasteiger partial charge is 0.260 e. The fraction of sp³-hybridized carbons (Fsp3) is 0.409. The van der Waals surface area contributed by atoms with E-state index in [-0.39, 0.29) is 30.4 Å². The van der Waals surface area contributed by atoms with Gasteiger partial charge in [0.1, 0.15) is 11.6 Å². The van der Waals surface area contributed by atoms with Crippen LogP contribution < -0.4 is 4.74 Å². The molecule has 0 radical (unpaired) electrons. The van der Waals surface area contributed by atoms with Crippen LogP contribution in [0.5, 0.6) is 5.75 Å². The number of piperazine rings is 1. The summed E-state index contributed by atoms with van der Waals surface area (Å²) >= 11 is 0. The molecular weight excluding hydrogens is 343 g/mol. The summed E-state index contributed by atoms with van der Waals surface area (Å²) in [7, 11) is 0. The third kappa shape index (κ3) is 5.07. The molecule has 3 rings (SSSR count). The van der Waals surface area contributed by atoms with Crippen molar-refractivity contribution in [1.29, 1.82) is 0 Å². The van der Waals surface area contributed by atoms with E-state index in [1.807, 2.05) is 48.2 Å². The Morgan fingerprint density at radius 3 is 2.56 bits per heavy atom. The minimum absolute atomic E-state index is 0.0114. The van der Waals surface area contributed by atoms with Gasteiger partial charge in [-0.05, 0) is 56.2 Å². The first-order valence-corrected chi connectivity index (χ1v) is 9.40. The second-order valence-electron chi connectivity index (χ2n) is 7.41. The number of benzene rings is 2. The van der Waals surface area contributed by atoms with Crippen molar-refractivity contribution in [3.8, 4) is 5.75 Å². The van der Waals surface area contributed by atoms with E-state index < -0.39 is 0 Å². The zero-order valence-corrected chi connectivity index (χ0v) is 16.2. The molecule has 2 aromatic carbocycles. The van der Waals surface area contributed by atoms with Crippen LogP contribution in [0, 0.1) is 12.7 Å². The molecule has 2 aromatic rings. The molecule has 0 saturated carbocycles. The molecule has 1 aliphatic rings. The number of hydrogen-bond donors (Lipinski definition) is 0. The molecule has 0 aliphatic carbocycles. The Labute approximate surface area is 160 Å². The molecule has 1 heterocycles. The van der Waals surface area contributed by atoms with Crippen LogP contribution in [0.1, 0.15) is 25.0 Å². The monoisotopic (exact) mass is 370 g/mol. The lowest BCUT2D eigenvalue weighted by atomic mass is 10.1. The van der Waals surface area contributed by atoms with E-state index in [0.717, 1.165) is 30.0 Å². The first-order valence-electron chi connectivity index (χ1n) is 9.40. The molecule has 1 saturated heterocycles. The van der Waals surface area contributed by atoms with Crippen LogP contribution in [0.25, 0.3) is 0 Å². The van der Waals surface area contributed by atoms with Crippen LogP contribution in [0.15, 0.2) is 48.5 Å². The number of amides is 1. The van der Waals surface area contributed by atoms with Crippen molar-refractivity contribution in [1.82, 2.24) is 9.80 Å². The Balaban J connectivity index is 1.55. The average Bonchev–Trinajstić information content (AvgIpc) is 2.64. The van der Waals surface area contributed by atoms with Gasteiger partial charge in [0.2, 0.25) is 0 Å². The number of carbonyl (C=O) groups excluding carboxylic acids is 1. The maximum atomic E-state index is 13.1. The summed E-state index contributed by atoms with van der Waals surface area (Å²) in [5, 5.41) is 0. The van der Waals surface area contributed by atoms with Gasteiger partial charge < -0.3 is 9.64 Å². The lowest BCUT2D eigenvalue weighted by Gasteiger charge is -2.44. The molecule has 1 aliphatic heterocycles. The number of rotatable bonds is 5. The molecule has 27 heavy (non-hydrogen) atoms. The number of halogens is 1. The summed E-state index contributed by atoms with van der Waals surface area (Å²) in [5.41, 5.74) is 2.19. The standard InChI is InChI=1S/C22H27FN2O2/c1-16-5-4-6-21(11-16)27-15-22(26)25-13-17(2)24(12-18(25)3)14-19-7-9-20(23)10-8-19/h4-11,17-18H,12-15H2,1-3H3. The van der Waals surface area contributed by atoms with Gasteiger partial charge in [0.15, 0.2) is 6.61 Å². The van der Waals surface area contributed by atoms with Gasteiger partial charge in [0.25, 0.3) is 5.91 Å². The van der Waals surface area contributed by atoms with Crippen molar-refractivity contribution in [2.45, 2.75) is 39.4 Å². The van der Waals surface area contributed by atoms with Crippen LogP contribution >= 0.6 is 0 Å². The largest absolute Gasteiger partial charge is 0.484 e. The quantitative estimate of drug-likeness (QED) is 0.806. The number of aryl methyl sites for hydroxylation is 1. The van der Waals surface area contributed by atoms with Crippen LogP contribution in [-0.4, -0.2) is 47.5 Å². The van der Waals surface area contributed by atoms with Gasteiger partial charge in [0, 0.05) is 31.7 Å². The van der Waals surface area contributed by atoms with Gasteiger partial charge >= 0.3 is 0 Å². The van der Waals surface area contributed by atoms with Gasteiger partial charge in [-0.3, -0.25) is 9.69 Å². The fourth-order valence-corrected chi connectivity index (χ4v) is 3.52. The highest BCUT2D eigenvalue weighted by Gasteiger charge is 2.32. The summed E-state index contributed by atoms with van der Waals surface area (Å²) in [6, 6.07) is 14.7. The molecule has 0 spiro atoms. The molecular formula is C22H27FN2O2. The van der Waals surface area contributed by atoms with Gasteiger partial charge in [-0.2, -0.15) is 0 Å². The SMILES string of the molecule is Cc1cccc(OCC(=O)N2CC(C)N(Cc3ccc(F)cc3)CC2C)c1. The number of nitrogens with zero attached hydrogens (tertiary/aromatic N) is 2. The summed E-state index contributed by atoms with van der Waals surface area (Å²) in [5.74, 6) is 0.514. The lowest BCUT2D eigenvalue weighted by Crippen LogP contribution is -2.58. The van der Waals surface area contributed by atoms with Crippen molar-refractivity contribution >= 4 is 5.91 Å². The maximum Gasteiger partial charge on any atom is 0.260 e. The number of carbonyl (C=O) groups is 1. The summed E-state index contributed by atoms with van der Waals surface area (Å²) in [4.78, 5) is 16.9. The minimum atomic E-state index is -0.218. The zero-order valence-electron chi connectivity index (χ0n) is 16.2. The van der Waals surface area contributed by atoms with E-state index >= 15 is 0 Å². The summed E-state index contributed by atoms with van der Waals surface area (Å²) in [6.07, 6.45) is 0. The molecule has 0 N–H and O–H groups in total. The zero-order chi connectivity index (χ0) is 19.4. The van der Waals surface area contributed by atoms with Gasteiger partial charge in [-0.15, -0.1) is 0 Å². The summed E-state index contributed by atoms with van der Waals surface area (Å²) in [6.45, 7) is 8.45. The van der Waals surface area contributed by atoms with Crippen molar-refractivity contribution in [3.63, 3.8) is 0 Å². The third-order valence-corrected chi connectivity index (χ3v) is 5.09. The Morgan fingerprint density at radius 2 is 1.85 bits per heavy atom. The highest BCUT2D eigenvalue weighted by molar-refractivity contribution is 5.78. The molecule has 5 heteroatoms. The molecule has 144 valence electrons. The summed E-state index contributed by atoms with van der Waals surface area (Å²) < 4.78 is 18.8. The normalized spacial score (nSPS) is 20.5. The average molecular weight is 370 g/mol. The van der Waals surface area contributed by atoms with Crippen LogP contribution in [0.2, 0.25) is 0 Å². The Morgan fingerprint density at radius 1 is 1.11 bits per heavy atom. The molecule has 2 atom stereocenters. The van der Waals surface area contributed by atoms with Crippen LogP contribution in [-0.2, 0) is 11.3 Å². The van der Waals surface area contributed by atoms with E-state index in [2.05, 4.69) is 18.7 Å². The second kappa shape index (κ2) is 8.53. The van der Waals surface area contributed by atoms with Crippen LogP contribution in [0.4, 0.5) is 4.39 Å². The van der Waals surface area contributed by atoms with E-state index in [0.29, 0.717) is 6.54 Å². The van der Waals surface area contributed by atoms with Crippen LogP contribution in [0.3, 0.4) is 0 Å². The van der Waals surface area contributed by atoms with Gasteiger partial charge in [-0.25, -0.2) is 4.39 Å². The molecule has 0 aromatic heterocycles. The maximum absolute atomic E-state index is 13.1. The van der Waals surface area contributed by atoms with Crippen molar-refractivity contribution in [3.05, 3.63) is 65.5 Å². The lowest BCUT2D eigenvalue weighted by molar-refractivity contribution is -0.139. The Kier molecular flexibility index (Phi) is 6.11. The first-order chi connectivity index (χ1) is 12.9. The predicted octanol–water partition coefficient (Wildman–Crippen LogP) is 3.63. The van der Waals surface area contributed by atoms with E-state index in [9.17, 15) is 9.18 Å². The fourth-order valence-electron chi connectivity index (χ4n) is 3.52. The predicted molar refractivity (Wildman–Crippen MR) is 104 cm³/mol. The van der Waals surface area contributed by atoms with Crippen molar-refractivity contribution in [2.24, 2.45) is 0 Å².